The molecule has 0 radical (unpaired) electrons. The van der Waals surface area contributed by atoms with Gasteiger partial charge in [0.25, 0.3) is 0 Å². The maximum Gasteiger partial charge on any atom is 0.407 e. The molecule has 0 aliphatic carbocycles. The molecule has 2 unspecified atom stereocenters. The highest BCUT2D eigenvalue weighted by Crippen LogP contribution is 2.21. The van der Waals surface area contributed by atoms with Gasteiger partial charge in [-0.2, -0.15) is 0 Å². The van der Waals surface area contributed by atoms with Gasteiger partial charge < -0.3 is 19.9 Å². The summed E-state index contributed by atoms with van der Waals surface area (Å²) in [5.74, 6) is -0.779. The van der Waals surface area contributed by atoms with Crippen LogP contribution in [-0.4, -0.2) is 27.8 Å². The van der Waals surface area contributed by atoms with Gasteiger partial charge in [-0.1, -0.05) is 38.1 Å². The molecule has 1 heterocycles. The van der Waals surface area contributed by atoms with Gasteiger partial charge >= 0.3 is 6.09 Å². The summed E-state index contributed by atoms with van der Waals surface area (Å²) in [5.41, 5.74) is 0.568. The average Bonchev–Trinajstić information content (AvgIpc) is 2.82. The zero-order valence-electron chi connectivity index (χ0n) is 21.3. The minimum Gasteiger partial charge on any atom is -0.489 e. The quantitative estimate of drug-likeness (QED) is 0.389. The fraction of sp³-hybridized carbons (Fsp3) is 0.357. The molecule has 3 aromatic rings. The van der Waals surface area contributed by atoms with Crippen LogP contribution in [0.15, 0.2) is 66.9 Å². The second kappa shape index (κ2) is 13.5. The van der Waals surface area contributed by atoms with Gasteiger partial charge in [-0.15, -0.1) is 0 Å². The molecule has 0 saturated heterocycles. The number of benzene rings is 2. The number of para-hydroxylation sites is 1. The Hall–Kier alpha value is -3.52. The minimum atomic E-state index is -1.26. The smallest absolute Gasteiger partial charge is 0.407 e. The lowest BCUT2D eigenvalue weighted by Crippen LogP contribution is -2.43. The molecule has 0 bridgehead atoms. The normalized spacial score (nSPS) is 12.6. The zero-order chi connectivity index (χ0) is 26.7. The van der Waals surface area contributed by atoms with E-state index in [9.17, 15) is 18.7 Å². The molecule has 0 aliphatic rings. The van der Waals surface area contributed by atoms with Crippen molar-refractivity contribution in [1.82, 2.24) is 10.3 Å². The van der Waals surface area contributed by atoms with Gasteiger partial charge in [-0.25, -0.2) is 13.6 Å². The Morgan fingerprint density at radius 2 is 1.64 bits per heavy atom. The Labute approximate surface area is 211 Å². The number of halogens is 2. The van der Waals surface area contributed by atoms with E-state index in [0.29, 0.717) is 0 Å². The fourth-order valence-corrected chi connectivity index (χ4v) is 3.27. The lowest BCUT2D eigenvalue weighted by atomic mass is 9.98. The van der Waals surface area contributed by atoms with Crippen LogP contribution in [0.3, 0.4) is 0 Å². The van der Waals surface area contributed by atoms with Gasteiger partial charge in [0.05, 0.1) is 11.7 Å². The third-order valence-electron chi connectivity index (χ3n) is 4.76. The van der Waals surface area contributed by atoms with Gasteiger partial charge in [0.2, 0.25) is 0 Å². The van der Waals surface area contributed by atoms with E-state index in [-0.39, 0.29) is 24.3 Å². The number of aliphatic hydroxyl groups excluding tert-OH is 1. The van der Waals surface area contributed by atoms with E-state index >= 15 is 0 Å². The van der Waals surface area contributed by atoms with Crippen LogP contribution >= 0.6 is 0 Å². The van der Waals surface area contributed by atoms with Crippen LogP contribution in [0.1, 0.15) is 57.5 Å². The molecule has 1 aromatic heterocycles. The molecule has 8 heteroatoms. The molecule has 2 N–H and O–H groups in total. The summed E-state index contributed by atoms with van der Waals surface area (Å²) < 4.78 is 38.4. The Kier molecular flexibility index (Phi) is 10.8. The van der Waals surface area contributed by atoms with E-state index in [1.165, 1.54) is 0 Å². The Bertz CT molecular complexity index is 1070. The predicted molar refractivity (Wildman–Crippen MR) is 135 cm³/mol. The summed E-state index contributed by atoms with van der Waals surface area (Å²) >= 11 is 0. The molecule has 194 valence electrons. The van der Waals surface area contributed by atoms with E-state index in [2.05, 4.69) is 10.3 Å². The van der Waals surface area contributed by atoms with Crippen LogP contribution in [0.25, 0.3) is 0 Å². The topological polar surface area (TPSA) is 80.7 Å². The molecular weight excluding hydrogens is 466 g/mol. The standard InChI is InChI=1S/C26H28F2N2O4.C2H6/c1-26(2,3)34-25(32)30-23(13-18-11-19(27)14-20(28)12-18)24(31)22-10-9-17(15-29-22)16-33-21-7-5-4-6-8-21;1-2/h4-12,14-15,23-24,31H,13,16H2,1-3H3,(H,30,32);1-2H3. The third-order valence-corrected chi connectivity index (χ3v) is 4.76. The highest BCUT2D eigenvalue weighted by molar-refractivity contribution is 5.68. The molecule has 0 fully saturated rings. The molecular formula is C28H34F2N2O4. The number of carbonyl (C=O) groups is 1. The second-order valence-corrected chi connectivity index (χ2v) is 8.87. The largest absolute Gasteiger partial charge is 0.489 e. The first-order valence-corrected chi connectivity index (χ1v) is 11.8. The summed E-state index contributed by atoms with van der Waals surface area (Å²) in [7, 11) is 0. The number of aromatic nitrogens is 1. The first kappa shape index (κ1) is 28.7. The van der Waals surface area contributed by atoms with Crippen molar-refractivity contribution in [2.45, 2.75) is 65.4 Å². The summed E-state index contributed by atoms with van der Waals surface area (Å²) in [6.07, 6.45) is -0.506. The van der Waals surface area contributed by atoms with Crippen LogP contribution in [0, 0.1) is 11.6 Å². The molecule has 36 heavy (non-hydrogen) atoms. The summed E-state index contributed by atoms with van der Waals surface area (Å²) in [6.45, 7) is 9.41. The van der Waals surface area contributed by atoms with Gasteiger partial charge in [-0.05, 0) is 63.1 Å². The van der Waals surface area contributed by atoms with Crippen LogP contribution in [0.4, 0.5) is 13.6 Å². The number of rotatable bonds is 8. The van der Waals surface area contributed by atoms with E-state index < -0.39 is 35.5 Å². The molecule has 0 spiro atoms. The third kappa shape index (κ3) is 9.62. The number of carbonyl (C=O) groups excluding carboxylic acids is 1. The Morgan fingerprint density at radius 3 is 2.19 bits per heavy atom. The summed E-state index contributed by atoms with van der Waals surface area (Å²) in [4.78, 5) is 16.7. The van der Waals surface area contributed by atoms with Crippen molar-refractivity contribution in [3.63, 3.8) is 0 Å². The highest BCUT2D eigenvalue weighted by Gasteiger charge is 2.27. The van der Waals surface area contributed by atoms with Crippen LogP contribution in [0.5, 0.6) is 5.75 Å². The molecule has 0 aliphatic heterocycles. The van der Waals surface area contributed by atoms with Crippen molar-refractivity contribution in [1.29, 1.82) is 0 Å². The maximum absolute atomic E-state index is 13.7. The van der Waals surface area contributed by atoms with Gasteiger partial charge in [0, 0.05) is 17.8 Å². The number of ether oxygens (including phenoxy) is 2. The second-order valence-electron chi connectivity index (χ2n) is 8.87. The lowest BCUT2D eigenvalue weighted by Gasteiger charge is -2.26. The SMILES string of the molecule is CC.CC(C)(C)OC(=O)NC(Cc1cc(F)cc(F)c1)C(O)c1ccc(COc2ccccc2)cn1. The van der Waals surface area contributed by atoms with Crippen molar-refractivity contribution < 1.29 is 28.2 Å². The van der Waals surface area contributed by atoms with Gasteiger partial charge in [0.15, 0.2) is 0 Å². The van der Waals surface area contributed by atoms with Crippen LogP contribution < -0.4 is 10.1 Å². The number of pyridine rings is 1. The number of aliphatic hydroxyl groups is 1. The van der Waals surface area contributed by atoms with Crippen molar-refractivity contribution >= 4 is 6.09 Å². The number of nitrogens with one attached hydrogen (secondary N) is 1. The first-order valence-electron chi connectivity index (χ1n) is 11.8. The zero-order valence-corrected chi connectivity index (χ0v) is 21.3. The first-order chi connectivity index (χ1) is 17.1. The van der Waals surface area contributed by atoms with Crippen molar-refractivity contribution in [2.24, 2.45) is 0 Å². The molecule has 0 saturated carbocycles. The van der Waals surface area contributed by atoms with E-state index in [1.807, 2.05) is 44.2 Å². The number of hydrogen-bond donors (Lipinski definition) is 2. The summed E-state index contributed by atoms with van der Waals surface area (Å²) in [6, 6.07) is 14.8. The van der Waals surface area contributed by atoms with Crippen LogP contribution in [-0.2, 0) is 17.8 Å². The van der Waals surface area contributed by atoms with E-state index in [4.69, 9.17) is 9.47 Å². The Balaban J connectivity index is 0.00000222. The van der Waals surface area contributed by atoms with E-state index in [1.54, 1.807) is 39.1 Å². The number of amides is 1. The average molecular weight is 501 g/mol. The molecule has 3 rings (SSSR count). The van der Waals surface area contributed by atoms with Gasteiger partial charge in [0.1, 0.15) is 35.7 Å². The molecule has 6 nitrogen and oxygen atoms in total. The van der Waals surface area contributed by atoms with E-state index in [0.717, 1.165) is 29.5 Å². The van der Waals surface area contributed by atoms with Crippen molar-refractivity contribution in [2.75, 3.05) is 0 Å². The van der Waals surface area contributed by atoms with Crippen molar-refractivity contribution in [3.8, 4) is 5.75 Å². The maximum atomic E-state index is 13.7. The monoisotopic (exact) mass is 500 g/mol. The lowest BCUT2D eigenvalue weighted by molar-refractivity contribution is 0.0417. The molecule has 1 amide bonds. The molecule has 2 atom stereocenters. The van der Waals surface area contributed by atoms with Crippen LogP contribution in [0.2, 0.25) is 0 Å². The van der Waals surface area contributed by atoms with Gasteiger partial charge in [-0.3, -0.25) is 4.98 Å². The predicted octanol–water partition coefficient (Wildman–Crippen LogP) is 6.13. The number of hydrogen-bond acceptors (Lipinski definition) is 5. The number of alkyl carbamates (subject to hydrolysis) is 1. The highest BCUT2D eigenvalue weighted by atomic mass is 19.1. The van der Waals surface area contributed by atoms with Crippen molar-refractivity contribution in [3.05, 3.63) is 95.3 Å². The minimum absolute atomic E-state index is 0.0460. The Morgan fingerprint density at radius 1 is 1.00 bits per heavy atom. The fourth-order valence-electron chi connectivity index (χ4n) is 3.27. The molecule has 2 aromatic carbocycles. The number of nitrogens with zero attached hydrogens (tertiary/aromatic N) is 1. The summed E-state index contributed by atoms with van der Waals surface area (Å²) in [5, 5.41) is 13.6.